The number of allylic oxidation sites excluding steroid dienone is 4. The maximum absolute atomic E-state index is 13.2. The van der Waals surface area contributed by atoms with Crippen molar-refractivity contribution in [3.8, 4) is 18.1 Å². The lowest BCUT2D eigenvalue weighted by Gasteiger charge is -2.44. The van der Waals surface area contributed by atoms with Crippen LogP contribution in [0.15, 0.2) is 46.8 Å². The summed E-state index contributed by atoms with van der Waals surface area (Å²) in [6, 6.07) is 7.41. The summed E-state index contributed by atoms with van der Waals surface area (Å²) in [4.78, 5) is 39.6. The minimum Gasteiger partial charge on any atom is -0.481 e. The first-order chi connectivity index (χ1) is 15.0. The molecular weight excluding hydrogens is 394 g/mol. The molecular formula is C25H25NO5. The quantitative estimate of drug-likeness (QED) is 0.710. The summed E-state index contributed by atoms with van der Waals surface area (Å²) in [5, 5.41) is 9.26. The average Bonchev–Trinajstić information content (AvgIpc) is 2.76. The van der Waals surface area contributed by atoms with Crippen LogP contribution in [0.2, 0.25) is 0 Å². The Morgan fingerprint density at radius 1 is 1.06 bits per heavy atom. The van der Waals surface area contributed by atoms with Gasteiger partial charge in [-0.25, -0.2) is 0 Å². The van der Waals surface area contributed by atoms with Crippen LogP contribution in [-0.4, -0.2) is 40.7 Å². The SMILES string of the molecule is C#CCOc1ccccc1C1C2=C(CCCC2=O)N(CCC(=O)O)C2=C1C(=O)CCC2. The second kappa shape index (κ2) is 8.81. The van der Waals surface area contributed by atoms with Crippen molar-refractivity contribution >= 4 is 17.5 Å². The van der Waals surface area contributed by atoms with E-state index in [1.54, 1.807) is 0 Å². The van der Waals surface area contributed by atoms with Gasteiger partial charge in [-0.15, -0.1) is 6.42 Å². The van der Waals surface area contributed by atoms with E-state index in [2.05, 4.69) is 5.92 Å². The van der Waals surface area contributed by atoms with Crippen LogP contribution in [0.4, 0.5) is 0 Å². The molecule has 1 N–H and O–H groups in total. The molecule has 0 saturated carbocycles. The fourth-order valence-corrected chi connectivity index (χ4v) is 4.97. The van der Waals surface area contributed by atoms with Gasteiger partial charge >= 0.3 is 5.97 Å². The van der Waals surface area contributed by atoms with Crippen molar-refractivity contribution in [3.63, 3.8) is 0 Å². The number of carboxylic acids is 1. The lowest BCUT2D eigenvalue weighted by Crippen LogP contribution is -2.40. The Bertz CT molecular complexity index is 998. The first kappa shape index (κ1) is 20.9. The number of nitrogens with zero attached hydrogens (tertiary/aromatic N) is 1. The number of para-hydroxylation sites is 1. The highest BCUT2D eigenvalue weighted by molar-refractivity contribution is 6.06. The molecule has 6 heteroatoms. The van der Waals surface area contributed by atoms with E-state index in [4.69, 9.17) is 11.2 Å². The third-order valence-electron chi connectivity index (χ3n) is 6.18. The minimum absolute atomic E-state index is 0.0169. The van der Waals surface area contributed by atoms with Crippen molar-refractivity contribution in [2.45, 2.75) is 50.9 Å². The van der Waals surface area contributed by atoms with Gasteiger partial charge in [0.2, 0.25) is 0 Å². The van der Waals surface area contributed by atoms with Crippen LogP contribution in [-0.2, 0) is 14.4 Å². The predicted molar refractivity (Wildman–Crippen MR) is 114 cm³/mol. The number of hydrogen-bond acceptors (Lipinski definition) is 5. The summed E-state index contributed by atoms with van der Waals surface area (Å²) in [5.41, 5.74) is 3.72. The summed E-state index contributed by atoms with van der Waals surface area (Å²) < 4.78 is 5.78. The third kappa shape index (κ3) is 3.88. The average molecular weight is 419 g/mol. The molecule has 4 rings (SSSR count). The van der Waals surface area contributed by atoms with E-state index in [0.29, 0.717) is 42.6 Å². The molecule has 31 heavy (non-hydrogen) atoms. The van der Waals surface area contributed by atoms with Gasteiger partial charge in [-0.2, -0.15) is 0 Å². The molecule has 0 radical (unpaired) electrons. The van der Waals surface area contributed by atoms with Crippen molar-refractivity contribution < 1.29 is 24.2 Å². The van der Waals surface area contributed by atoms with Crippen LogP contribution in [0.5, 0.6) is 5.75 Å². The van der Waals surface area contributed by atoms with Crippen LogP contribution < -0.4 is 4.74 Å². The number of carbonyl (C=O) groups excluding carboxylic acids is 2. The summed E-state index contributed by atoms with van der Waals surface area (Å²) >= 11 is 0. The van der Waals surface area contributed by atoms with Gasteiger partial charge in [0.15, 0.2) is 11.6 Å². The molecule has 0 amide bonds. The fraction of sp³-hybridized carbons (Fsp3) is 0.400. The lowest BCUT2D eigenvalue weighted by atomic mass is 9.70. The Balaban J connectivity index is 1.91. The van der Waals surface area contributed by atoms with Gasteiger partial charge in [-0.1, -0.05) is 24.1 Å². The normalized spacial score (nSPS) is 19.1. The Labute approximate surface area is 181 Å². The van der Waals surface area contributed by atoms with Crippen molar-refractivity contribution in [1.82, 2.24) is 4.90 Å². The number of carboxylic acid groups (broad SMARTS) is 1. The highest BCUT2D eigenvalue weighted by atomic mass is 16.5. The van der Waals surface area contributed by atoms with E-state index in [1.165, 1.54) is 0 Å². The predicted octanol–water partition coefficient (Wildman–Crippen LogP) is 3.59. The van der Waals surface area contributed by atoms with Crippen molar-refractivity contribution in [3.05, 3.63) is 52.4 Å². The Hall–Kier alpha value is -3.33. The lowest BCUT2D eigenvalue weighted by molar-refractivity contribution is -0.137. The van der Waals surface area contributed by atoms with E-state index in [-0.39, 0.29) is 31.1 Å². The molecule has 1 aromatic rings. The zero-order chi connectivity index (χ0) is 22.0. The summed E-state index contributed by atoms with van der Waals surface area (Å²) in [7, 11) is 0. The summed E-state index contributed by atoms with van der Waals surface area (Å²) in [6.45, 7) is 0.351. The number of terminal acetylenes is 1. The molecule has 160 valence electrons. The number of hydrogen-bond donors (Lipinski definition) is 1. The number of benzene rings is 1. The van der Waals surface area contributed by atoms with Crippen LogP contribution in [0.3, 0.4) is 0 Å². The number of aliphatic carboxylic acids is 1. The molecule has 6 nitrogen and oxygen atoms in total. The largest absolute Gasteiger partial charge is 0.481 e. The molecule has 0 aromatic heterocycles. The molecule has 0 spiro atoms. The Morgan fingerprint density at radius 3 is 2.26 bits per heavy atom. The Morgan fingerprint density at radius 2 is 1.68 bits per heavy atom. The number of ketones is 2. The molecule has 0 fully saturated rings. The molecule has 0 atom stereocenters. The highest BCUT2D eigenvalue weighted by Crippen LogP contribution is 2.50. The first-order valence-electron chi connectivity index (χ1n) is 10.7. The molecule has 1 aliphatic heterocycles. The van der Waals surface area contributed by atoms with Gasteiger partial charge in [0.25, 0.3) is 0 Å². The van der Waals surface area contributed by atoms with E-state index < -0.39 is 11.9 Å². The molecule has 1 heterocycles. The number of ether oxygens (including phenoxy) is 1. The third-order valence-corrected chi connectivity index (χ3v) is 6.18. The van der Waals surface area contributed by atoms with Crippen LogP contribution in [0, 0.1) is 12.3 Å². The van der Waals surface area contributed by atoms with E-state index in [1.807, 2.05) is 29.2 Å². The molecule has 0 saturated heterocycles. The molecule has 0 bridgehead atoms. The van der Waals surface area contributed by atoms with E-state index in [9.17, 15) is 19.5 Å². The van der Waals surface area contributed by atoms with Gasteiger partial charge in [0, 0.05) is 53.4 Å². The van der Waals surface area contributed by atoms with Crippen LogP contribution in [0.1, 0.15) is 56.4 Å². The van der Waals surface area contributed by atoms with Gasteiger partial charge in [-0.3, -0.25) is 14.4 Å². The Kier molecular flexibility index (Phi) is 5.94. The maximum Gasteiger partial charge on any atom is 0.305 e. The van der Waals surface area contributed by atoms with Crippen LogP contribution in [0.25, 0.3) is 0 Å². The second-order valence-corrected chi connectivity index (χ2v) is 8.03. The topological polar surface area (TPSA) is 83.9 Å². The zero-order valence-electron chi connectivity index (χ0n) is 17.4. The second-order valence-electron chi connectivity index (χ2n) is 8.03. The molecule has 1 aromatic carbocycles. The first-order valence-corrected chi connectivity index (χ1v) is 10.7. The zero-order valence-corrected chi connectivity index (χ0v) is 17.4. The standard InChI is InChI=1S/C25H25NO5/c1-2-15-31-21-12-4-3-7-16(21)23-24-17(8-5-10-19(24)27)26(14-13-22(29)30)18-9-6-11-20(28)25(18)23/h1,3-4,7,12,23H,5-6,8-11,13-15H2,(H,29,30). The monoisotopic (exact) mass is 419 g/mol. The van der Waals surface area contributed by atoms with Crippen molar-refractivity contribution in [1.29, 1.82) is 0 Å². The minimum atomic E-state index is -0.899. The fourth-order valence-electron chi connectivity index (χ4n) is 4.97. The summed E-state index contributed by atoms with van der Waals surface area (Å²) in [5.74, 6) is 1.67. The molecule has 2 aliphatic carbocycles. The number of Topliss-reactive ketones (excluding diaryl/α,β-unsaturated/α-hetero) is 2. The van der Waals surface area contributed by atoms with Crippen molar-refractivity contribution in [2.24, 2.45) is 0 Å². The van der Waals surface area contributed by atoms with Gasteiger partial charge in [0.05, 0.1) is 6.42 Å². The molecule has 0 unspecified atom stereocenters. The highest BCUT2D eigenvalue weighted by Gasteiger charge is 2.44. The number of rotatable bonds is 6. The number of carbonyl (C=O) groups is 3. The molecule has 3 aliphatic rings. The van der Waals surface area contributed by atoms with E-state index in [0.717, 1.165) is 29.8 Å². The van der Waals surface area contributed by atoms with Gasteiger partial charge in [0.1, 0.15) is 12.4 Å². The summed E-state index contributed by atoms with van der Waals surface area (Å²) in [6.07, 6.45) is 9.00. The van der Waals surface area contributed by atoms with Crippen molar-refractivity contribution in [2.75, 3.05) is 13.2 Å². The van der Waals surface area contributed by atoms with Crippen LogP contribution >= 0.6 is 0 Å². The maximum atomic E-state index is 13.2. The van der Waals surface area contributed by atoms with E-state index >= 15 is 0 Å². The smallest absolute Gasteiger partial charge is 0.305 e. The van der Waals surface area contributed by atoms with Gasteiger partial charge in [-0.05, 0) is 31.7 Å². The van der Waals surface area contributed by atoms with Gasteiger partial charge < -0.3 is 14.7 Å².